The van der Waals surface area contributed by atoms with Crippen molar-refractivity contribution in [1.82, 2.24) is 4.57 Å². The lowest BCUT2D eigenvalue weighted by molar-refractivity contribution is -0.116. The Morgan fingerprint density at radius 2 is 1.70 bits per heavy atom. The highest BCUT2D eigenvalue weighted by Gasteiger charge is 2.24. The summed E-state index contributed by atoms with van der Waals surface area (Å²) in [4.78, 5) is 13.2. The van der Waals surface area contributed by atoms with Crippen molar-refractivity contribution >= 4 is 32.3 Å². The lowest BCUT2D eigenvalue weighted by atomic mass is 10.2. The number of carbonyl (C=O) groups excluding carboxylic acids is 1. The Labute approximate surface area is 191 Å². The number of hydrogen-bond acceptors (Lipinski definition) is 5. The largest absolute Gasteiger partial charge is 0.486 e. The summed E-state index contributed by atoms with van der Waals surface area (Å²) in [5.74, 6) is 0.935. The van der Waals surface area contributed by atoms with Gasteiger partial charge in [0.05, 0.1) is 9.79 Å². The van der Waals surface area contributed by atoms with Crippen LogP contribution in [0.15, 0.2) is 82.7 Å². The molecule has 1 aliphatic heterocycles. The van der Waals surface area contributed by atoms with Crippen LogP contribution in [-0.2, 0) is 21.2 Å². The predicted molar refractivity (Wildman–Crippen MR) is 125 cm³/mol. The van der Waals surface area contributed by atoms with Crippen molar-refractivity contribution in [3.63, 3.8) is 0 Å². The topological polar surface area (TPSA) is 86.6 Å². The number of aromatic nitrogens is 1. The lowest BCUT2D eigenvalue weighted by Gasteiger charge is -2.19. The number of anilines is 1. The number of fused-ring (bicyclic) bond motifs is 2. The smallest absolute Gasteiger partial charge is 0.244 e. The monoisotopic (exact) mass is 462 g/mol. The van der Waals surface area contributed by atoms with Gasteiger partial charge in [-0.25, -0.2) is 8.42 Å². The molecular weight excluding hydrogens is 440 g/mol. The number of hydrogen-bond donors (Lipinski definition) is 1. The standard InChI is InChI=1S/C25H22N2O5S/c1-17-6-9-19(10-7-17)33(29,30)24-15-27(21-5-3-2-4-20(21)24)16-25(28)26-18-8-11-22-23(14-18)32-13-12-31-22/h2-11,14-15H,12-13,16H2,1H3,(H,26,28). The van der Waals surface area contributed by atoms with Gasteiger partial charge in [-0.15, -0.1) is 0 Å². The molecule has 4 aromatic rings. The van der Waals surface area contributed by atoms with Crippen LogP contribution in [0.5, 0.6) is 11.5 Å². The van der Waals surface area contributed by atoms with E-state index in [9.17, 15) is 13.2 Å². The van der Waals surface area contributed by atoms with Crippen LogP contribution in [0.4, 0.5) is 5.69 Å². The number of nitrogens with one attached hydrogen (secondary N) is 1. The molecule has 0 unspecified atom stereocenters. The Hall–Kier alpha value is -3.78. The second kappa shape index (κ2) is 8.29. The first-order valence-electron chi connectivity index (χ1n) is 10.5. The zero-order valence-electron chi connectivity index (χ0n) is 17.9. The number of amides is 1. The molecule has 1 amide bonds. The Morgan fingerprint density at radius 1 is 0.970 bits per heavy atom. The molecule has 0 spiro atoms. The van der Waals surface area contributed by atoms with Gasteiger partial charge in [0.15, 0.2) is 11.5 Å². The van der Waals surface area contributed by atoms with E-state index in [4.69, 9.17) is 9.47 Å². The second-order valence-electron chi connectivity index (χ2n) is 7.86. The molecule has 7 nitrogen and oxygen atoms in total. The summed E-state index contributed by atoms with van der Waals surface area (Å²) in [6.07, 6.45) is 1.53. The summed E-state index contributed by atoms with van der Waals surface area (Å²) >= 11 is 0. The van der Waals surface area contributed by atoms with Gasteiger partial charge in [0, 0.05) is 28.9 Å². The first-order valence-corrected chi connectivity index (χ1v) is 12.0. The van der Waals surface area contributed by atoms with Crippen molar-refractivity contribution in [3.05, 3.63) is 78.5 Å². The third kappa shape index (κ3) is 4.05. The zero-order chi connectivity index (χ0) is 23.0. The Balaban J connectivity index is 1.44. The number of para-hydroxylation sites is 1. The molecule has 8 heteroatoms. The third-order valence-corrected chi connectivity index (χ3v) is 7.31. The molecule has 0 bridgehead atoms. The summed E-state index contributed by atoms with van der Waals surface area (Å²) in [5.41, 5.74) is 2.22. The summed E-state index contributed by atoms with van der Waals surface area (Å²) < 4.78 is 39.4. The van der Waals surface area contributed by atoms with Gasteiger partial charge in [0.1, 0.15) is 19.8 Å². The van der Waals surface area contributed by atoms with Crippen LogP contribution in [0.25, 0.3) is 10.9 Å². The van der Waals surface area contributed by atoms with Crippen molar-refractivity contribution in [3.8, 4) is 11.5 Å². The highest BCUT2D eigenvalue weighted by molar-refractivity contribution is 7.91. The molecule has 0 saturated heterocycles. The summed E-state index contributed by atoms with van der Waals surface area (Å²) in [7, 11) is -3.75. The molecule has 1 aromatic heterocycles. The van der Waals surface area contributed by atoms with Gasteiger partial charge >= 0.3 is 0 Å². The fourth-order valence-corrected chi connectivity index (χ4v) is 5.36. The average molecular weight is 463 g/mol. The number of carbonyl (C=O) groups is 1. The van der Waals surface area contributed by atoms with Gasteiger partial charge in [-0.3, -0.25) is 4.79 Å². The van der Waals surface area contributed by atoms with E-state index >= 15 is 0 Å². The van der Waals surface area contributed by atoms with Crippen LogP contribution in [0.1, 0.15) is 5.56 Å². The van der Waals surface area contributed by atoms with Gasteiger partial charge in [-0.1, -0.05) is 35.9 Å². The van der Waals surface area contributed by atoms with E-state index < -0.39 is 9.84 Å². The Kier molecular flexibility index (Phi) is 5.30. The van der Waals surface area contributed by atoms with Gasteiger partial charge < -0.3 is 19.4 Å². The number of ether oxygens (including phenoxy) is 2. The third-order valence-electron chi connectivity index (χ3n) is 5.51. The van der Waals surface area contributed by atoms with Gasteiger partial charge in [0.25, 0.3) is 0 Å². The fraction of sp³-hybridized carbons (Fsp3) is 0.160. The van der Waals surface area contributed by atoms with E-state index in [1.165, 1.54) is 6.20 Å². The molecular formula is C25H22N2O5S. The van der Waals surface area contributed by atoms with Gasteiger partial charge in [0.2, 0.25) is 15.7 Å². The van der Waals surface area contributed by atoms with E-state index in [0.717, 1.165) is 5.56 Å². The number of aryl methyl sites for hydroxylation is 1. The number of sulfone groups is 1. The van der Waals surface area contributed by atoms with Crippen molar-refractivity contribution in [2.45, 2.75) is 23.3 Å². The molecule has 33 heavy (non-hydrogen) atoms. The van der Waals surface area contributed by atoms with Crippen LogP contribution in [0.2, 0.25) is 0 Å². The quantitative estimate of drug-likeness (QED) is 0.481. The maximum atomic E-state index is 13.3. The molecule has 5 rings (SSSR count). The fourth-order valence-electron chi connectivity index (χ4n) is 3.88. The Bertz CT molecular complexity index is 1460. The van der Waals surface area contributed by atoms with E-state index in [-0.39, 0.29) is 22.2 Å². The molecule has 0 atom stereocenters. The molecule has 0 aliphatic carbocycles. The van der Waals surface area contributed by atoms with E-state index in [1.54, 1.807) is 65.2 Å². The van der Waals surface area contributed by atoms with Gasteiger partial charge in [-0.05, 0) is 37.3 Å². The minimum absolute atomic E-state index is 0.0433. The van der Waals surface area contributed by atoms with E-state index in [1.807, 2.05) is 13.0 Å². The molecule has 1 N–H and O–H groups in total. The van der Waals surface area contributed by atoms with Crippen LogP contribution >= 0.6 is 0 Å². The molecule has 2 heterocycles. The first-order chi connectivity index (χ1) is 15.9. The lowest BCUT2D eigenvalue weighted by Crippen LogP contribution is -2.19. The minimum Gasteiger partial charge on any atom is -0.486 e. The summed E-state index contributed by atoms with van der Waals surface area (Å²) in [6.45, 7) is 2.81. The van der Waals surface area contributed by atoms with Crippen molar-refractivity contribution in [1.29, 1.82) is 0 Å². The molecule has 0 fully saturated rings. The predicted octanol–water partition coefficient (Wildman–Crippen LogP) is 4.19. The van der Waals surface area contributed by atoms with Crippen molar-refractivity contribution in [2.75, 3.05) is 18.5 Å². The SMILES string of the molecule is Cc1ccc(S(=O)(=O)c2cn(CC(=O)Nc3ccc4c(c3)OCCO4)c3ccccc23)cc1. The summed E-state index contributed by atoms with van der Waals surface area (Å²) in [5, 5.41) is 3.42. The Morgan fingerprint density at radius 3 is 2.48 bits per heavy atom. The van der Waals surface area contributed by atoms with Crippen LogP contribution in [0, 0.1) is 6.92 Å². The zero-order valence-corrected chi connectivity index (χ0v) is 18.8. The normalized spacial score (nSPS) is 13.1. The minimum atomic E-state index is -3.75. The highest BCUT2D eigenvalue weighted by atomic mass is 32.2. The maximum Gasteiger partial charge on any atom is 0.244 e. The van der Waals surface area contributed by atoms with Crippen LogP contribution in [-0.4, -0.2) is 32.1 Å². The molecule has 0 saturated carbocycles. The van der Waals surface area contributed by atoms with Gasteiger partial charge in [-0.2, -0.15) is 0 Å². The molecule has 3 aromatic carbocycles. The number of benzene rings is 3. The van der Waals surface area contributed by atoms with Crippen molar-refractivity contribution < 1.29 is 22.7 Å². The molecule has 1 aliphatic rings. The van der Waals surface area contributed by atoms with Crippen molar-refractivity contribution in [2.24, 2.45) is 0 Å². The van der Waals surface area contributed by atoms with Crippen LogP contribution in [0.3, 0.4) is 0 Å². The number of rotatable bonds is 5. The highest BCUT2D eigenvalue weighted by Crippen LogP contribution is 2.33. The summed E-state index contributed by atoms with van der Waals surface area (Å²) in [6, 6.07) is 19.1. The van der Waals surface area contributed by atoms with E-state index in [2.05, 4.69) is 5.32 Å². The maximum absolute atomic E-state index is 13.3. The second-order valence-corrected chi connectivity index (χ2v) is 9.78. The van der Waals surface area contributed by atoms with E-state index in [0.29, 0.717) is 41.3 Å². The molecule has 168 valence electrons. The number of nitrogens with zero attached hydrogens (tertiary/aromatic N) is 1. The first kappa shape index (κ1) is 21.1. The average Bonchev–Trinajstić information content (AvgIpc) is 3.18. The van der Waals surface area contributed by atoms with Crippen LogP contribution < -0.4 is 14.8 Å². The molecule has 0 radical (unpaired) electrons.